The summed E-state index contributed by atoms with van der Waals surface area (Å²) in [5.41, 5.74) is 17.1. The van der Waals surface area contributed by atoms with Crippen LogP contribution in [0.1, 0.15) is 55.6 Å². The molecule has 480 valence electrons. The molecule has 0 spiro atoms. The van der Waals surface area contributed by atoms with Crippen molar-refractivity contribution in [3.63, 3.8) is 0 Å². The summed E-state index contributed by atoms with van der Waals surface area (Å²) < 4.78 is 10.6. The van der Waals surface area contributed by atoms with Crippen molar-refractivity contribution in [3.8, 4) is 0 Å². The number of carbonyl (C=O) groups excluding carboxylic acids is 7. The highest BCUT2D eigenvalue weighted by Gasteiger charge is 2.26. The molecule has 0 aliphatic carbocycles. The molecular weight excluding hydrogens is 1330 g/mol. The molecule has 21 heteroatoms. The summed E-state index contributed by atoms with van der Waals surface area (Å²) >= 11 is 6.88. The number of hydrogen-bond donors (Lipinski definition) is 3. The largest absolute Gasteiger partial charge is 0.466 e. The number of amides is 5. The molecule has 0 saturated carbocycles. The molecule has 3 N–H and O–H groups in total. The molecule has 0 bridgehead atoms. The summed E-state index contributed by atoms with van der Waals surface area (Å²) in [6, 6.07) is 62.3. The number of anilines is 4. The monoisotopic (exact) mass is 1400 g/mol. The topological polar surface area (TPSA) is 241 Å². The summed E-state index contributed by atoms with van der Waals surface area (Å²) in [6.07, 6.45) is 6.90. The molecule has 4 heterocycles. The van der Waals surface area contributed by atoms with E-state index in [1.165, 1.54) is 26.4 Å². The number of nitrogens with one attached hydrogen (secondary N) is 2. The molecule has 4 aliphatic rings. The van der Waals surface area contributed by atoms with Gasteiger partial charge in [0.15, 0.2) is 0 Å². The Morgan fingerprint density at radius 2 is 0.821 bits per heavy atom. The van der Waals surface area contributed by atoms with Crippen molar-refractivity contribution in [2.75, 3.05) is 81.6 Å². The Morgan fingerprint density at radius 1 is 0.474 bits per heavy atom. The second kappa shape index (κ2) is 34.0. The number of hydrogen-bond acceptors (Lipinski definition) is 14. The standard InChI is InChI=1S/C20H18N2O3.C19H17N3O3.C16H13BrN2O.C15H11BrN2O.C4H6O2/c1-22-17-12-14(9-11-19(24)25-2)8-10-16(17)20(21-13-18(22)23)15-6-4-3-5-7-15;1-22-16-11-13(8-10-17(23)21-25)7-9-15(16)19(20-12-18(22)24)14-5-3-2-4-6-14;1-19-14-9-12(17)7-8-13(14)16(18-10-15(19)20)11-5-3-2-4-6-11;16-11-6-7-12-13(8-11)18-14(19)9-17-15(12)10-4-2-1-3-5-10;1-3-4(5)6-2/h3-12H,13H2,1-2H3;2-11,25H,12H2,1H3,(H,21,23);2-9H,10H2,1H3;1-8H,9H2,(H,18,19);3H,1H2,2H3/b11-9+;10-8+;;;. The van der Waals surface area contributed by atoms with Gasteiger partial charge < -0.3 is 29.5 Å². The van der Waals surface area contributed by atoms with Gasteiger partial charge in [-0.25, -0.2) is 15.1 Å². The summed E-state index contributed by atoms with van der Waals surface area (Å²) in [7, 11) is 7.87. The third-order valence-corrected chi connectivity index (χ3v) is 15.7. The van der Waals surface area contributed by atoms with E-state index >= 15 is 0 Å². The summed E-state index contributed by atoms with van der Waals surface area (Å²) in [5, 5.41) is 11.4. The molecule has 5 amide bonds. The minimum absolute atomic E-state index is 0.00437. The first kappa shape index (κ1) is 69.8. The Morgan fingerprint density at radius 3 is 1.20 bits per heavy atom. The molecule has 4 aliphatic heterocycles. The third-order valence-electron chi connectivity index (χ3n) is 14.7. The van der Waals surface area contributed by atoms with E-state index in [9.17, 15) is 33.6 Å². The number of esters is 2. The van der Waals surface area contributed by atoms with Crippen LogP contribution in [0.2, 0.25) is 0 Å². The van der Waals surface area contributed by atoms with Gasteiger partial charge in [0.05, 0.1) is 59.8 Å². The number of fused-ring (bicyclic) bond motifs is 4. The molecule has 0 fully saturated rings. The number of halogens is 2. The second-order valence-electron chi connectivity index (χ2n) is 20.8. The second-order valence-corrected chi connectivity index (χ2v) is 22.7. The lowest BCUT2D eigenvalue weighted by Crippen LogP contribution is -2.27. The number of nitrogens with zero attached hydrogens (tertiary/aromatic N) is 7. The van der Waals surface area contributed by atoms with E-state index in [2.05, 4.69) is 73.2 Å². The van der Waals surface area contributed by atoms with Gasteiger partial charge in [-0.2, -0.15) is 0 Å². The lowest BCUT2D eigenvalue weighted by molar-refractivity contribution is -0.135. The molecule has 8 aromatic rings. The Labute approximate surface area is 566 Å². The third kappa shape index (κ3) is 18.6. The van der Waals surface area contributed by atoms with Gasteiger partial charge in [-0.3, -0.25) is 49.1 Å². The maximum absolute atomic E-state index is 12.3. The molecule has 0 saturated heterocycles. The van der Waals surface area contributed by atoms with Gasteiger partial charge in [-0.1, -0.05) is 184 Å². The lowest BCUT2D eigenvalue weighted by Gasteiger charge is -2.18. The number of benzene rings is 8. The Kier molecular flexibility index (Phi) is 24.9. The van der Waals surface area contributed by atoms with Gasteiger partial charge in [0, 0.05) is 92.8 Å². The van der Waals surface area contributed by atoms with Crippen molar-refractivity contribution in [1.29, 1.82) is 0 Å². The van der Waals surface area contributed by atoms with Crippen LogP contribution in [-0.4, -0.2) is 131 Å². The normalized spacial score (nSPS) is 13.7. The molecule has 0 radical (unpaired) electrons. The van der Waals surface area contributed by atoms with Gasteiger partial charge in [-0.05, 0) is 71.8 Å². The first-order valence-electron chi connectivity index (χ1n) is 29.4. The number of ether oxygens (including phenoxy) is 2. The lowest BCUT2D eigenvalue weighted by atomic mass is 9.98. The van der Waals surface area contributed by atoms with E-state index in [0.29, 0.717) is 0 Å². The fourth-order valence-corrected chi connectivity index (χ4v) is 10.5. The Hall–Kier alpha value is -11.1. The summed E-state index contributed by atoms with van der Waals surface area (Å²) in [5.74, 6) is -1.73. The van der Waals surface area contributed by atoms with Crippen LogP contribution in [0.15, 0.2) is 248 Å². The molecule has 0 aromatic heterocycles. The number of benzodiazepines with no additional fused rings is 4. The SMILES string of the molecule is C=CC(=O)OC.CN1C(=O)CN=C(c2ccccc2)c2ccc(/C=C/C(=O)NO)cc21.CN1C(=O)CN=C(c2ccccc2)c2ccc(Br)cc21.COC(=O)/C=C/c1ccc2c(c1)N(C)C(=O)CN=C2c1ccccc1.O=C1CN=C(c2ccccc2)c2ccc(Br)cc2N1. The zero-order chi connectivity index (χ0) is 68.0. The number of likely N-dealkylation sites (N-methyl/N-ethyl adjacent to an activating group) is 3. The van der Waals surface area contributed by atoms with Crippen LogP contribution in [-0.2, 0) is 43.0 Å². The van der Waals surface area contributed by atoms with Crippen molar-refractivity contribution in [2.45, 2.75) is 0 Å². The number of aliphatic imine (C=N–C) groups is 4. The van der Waals surface area contributed by atoms with Crippen LogP contribution in [0.25, 0.3) is 12.2 Å². The van der Waals surface area contributed by atoms with Crippen LogP contribution >= 0.6 is 31.9 Å². The van der Waals surface area contributed by atoms with Gasteiger partial charge in [-0.15, -0.1) is 0 Å². The predicted molar refractivity (Wildman–Crippen MR) is 380 cm³/mol. The Bertz CT molecular complexity index is 4220. The maximum atomic E-state index is 12.3. The van der Waals surface area contributed by atoms with Crippen molar-refractivity contribution in [3.05, 3.63) is 284 Å². The fraction of sp³-hybridized carbons (Fsp3) is 0.122. The highest BCUT2D eigenvalue weighted by Crippen LogP contribution is 2.32. The van der Waals surface area contributed by atoms with Crippen LogP contribution in [0.3, 0.4) is 0 Å². The van der Waals surface area contributed by atoms with E-state index in [1.54, 1.807) is 53.5 Å². The maximum Gasteiger partial charge on any atom is 0.330 e. The Balaban J connectivity index is 0.000000158. The van der Waals surface area contributed by atoms with E-state index < -0.39 is 17.8 Å². The average Bonchev–Trinajstić information content (AvgIpc) is 1.77. The van der Waals surface area contributed by atoms with Gasteiger partial charge in [0.1, 0.15) is 26.2 Å². The summed E-state index contributed by atoms with van der Waals surface area (Å²) in [4.78, 5) is 103. The van der Waals surface area contributed by atoms with Crippen molar-refractivity contribution < 1.29 is 48.2 Å². The quantitative estimate of drug-likeness (QED) is 0.0534. The van der Waals surface area contributed by atoms with Gasteiger partial charge in [0.2, 0.25) is 23.6 Å². The van der Waals surface area contributed by atoms with E-state index in [1.807, 2.05) is 194 Å². The first-order valence-corrected chi connectivity index (χ1v) is 31.0. The number of rotatable bonds is 9. The van der Waals surface area contributed by atoms with Crippen molar-refractivity contribution in [2.24, 2.45) is 20.0 Å². The zero-order valence-electron chi connectivity index (χ0n) is 52.4. The van der Waals surface area contributed by atoms with E-state index in [0.717, 1.165) is 116 Å². The van der Waals surface area contributed by atoms with Crippen LogP contribution in [0, 0.1) is 0 Å². The van der Waals surface area contributed by atoms with Crippen molar-refractivity contribution >= 4 is 131 Å². The van der Waals surface area contributed by atoms with Crippen LogP contribution in [0.4, 0.5) is 22.7 Å². The highest BCUT2D eigenvalue weighted by molar-refractivity contribution is 9.10. The number of methoxy groups -OCH3 is 2. The van der Waals surface area contributed by atoms with Gasteiger partial charge >= 0.3 is 11.9 Å². The summed E-state index contributed by atoms with van der Waals surface area (Å²) in [6.45, 7) is 3.66. The van der Waals surface area contributed by atoms with Crippen LogP contribution < -0.4 is 25.5 Å². The minimum Gasteiger partial charge on any atom is -0.466 e. The van der Waals surface area contributed by atoms with Gasteiger partial charge in [0.25, 0.3) is 5.91 Å². The smallest absolute Gasteiger partial charge is 0.330 e. The first-order chi connectivity index (χ1) is 45.9. The molecule has 0 atom stereocenters. The predicted octanol–water partition coefficient (Wildman–Crippen LogP) is 11.6. The molecular formula is C74H65Br2N9O10. The molecule has 8 aromatic carbocycles. The minimum atomic E-state index is -0.620. The molecule has 12 rings (SSSR count). The van der Waals surface area contributed by atoms with E-state index in [-0.39, 0.29) is 49.8 Å². The molecule has 19 nitrogen and oxygen atoms in total. The van der Waals surface area contributed by atoms with Crippen molar-refractivity contribution in [1.82, 2.24) is 5.48 Å². The molecule has 0 unspecified atom stereocenters. The molecule has 95 heavy (non-hydrogen) atoms. The highest BCUT2D eigenvalue weighted by atomic mass is 79.9. The number of carbonyl (C=O) groups is 7. The zero-order valence-corrected chi connectivity index (χ0v) is 55.6. The number of hydroxylamine groups is 1. The van der Waals surface area contributed by atoms with Crippen LogP contribution in [0.5, 0.6) is 0 Å². The fourth-order valence-electron chi connectivity index (χ4n) is 9.81. The van der Waals surface area contributed by atoms with E-state index in [4.69, 9.17) is 5.21 Å². The average molecular weight is 1400 g/mol.